The number of halogens is 1. The Bertz CT molecular complexity index is 1370. The molecule has 0 saturated carbocycles. The van der Waals surface area contributed by atoms with E-state index in [0.717, 1.165) is 14.8 Å². The Labute approximate surface area is 193 Å². The van der Waals surface area contributed by atoms with Gasteiger partial charge in [0.25, 0.3) is 5.56 Å². The quantitative estimate of drug-likeness (QED) is 0.412. The summed E-state index contributed by atoms with van der Waals surface area (Å²) in [5.41, 5.74) is 0.358. The Hall–Kier alpha value is -3.02. The number of fused-ring (bicyclic) bond motifs is 2. The van der Waals surface area contributed by atoms with Crippen LogP contribution in [-0.4, -0.2) is 61.7 Å². The van der Waals surface area contributed by atoms with Crippen molar-refractivity contribution in [1.82, 2.24) is 28.6 Å². The van der Waals surface area contributed by atoms with Crippen LogP contribution < -0.4 is 16.1 Å². The molecule has 0 N–H and O–H groups in total. The largest absolute Gasteiger partial charge is 0.332 e. The van der Waals surface area contributed by atoms with Gasteiger partial charge in [0.2, 0.25) is 5.91 Å². The van der Waals surface area contributed by atoms with E-state index in [1.54, 1.807) is 11.9 Å². The fourth-order valence-corrected chi connectivity index (χ4v) is 4.36. The first kappa shape index (κ1) is 23.6. The predicted octanol–water partition coefficient (Wildman–Crippen LogP) is 1.06. The van der Waals surface area contributed by atoms with Gasteiger partial charge in [-0.15, -0.1) is 12.4 Å². The maximum atomic E-state index is 13.3. The zero-order valence-corrected chi connectivity index (χ0v) is 19.8. The molecule has 0 aliphatic rings. The second-order valence-corrected chi connectivity index (χ2v) is 8.57. The topological polar surface area (TPSA) is 98.3 Å². The van der Waals surface area contributed by atoms with E-state index in [2.05, 4.69) is 9.97 Å². The highest BCUT2D eigenvalue weighted by Crippen LogP contribution is 2.28. The number of amides is 1. The lowest BCUT2D eigenvalue weighted by atomic mass is 10.3. The van der Waals surface area contributed by atoms with Crippen molar-refractivity contribution in [2.45, 2.75) is 6.54 Å². The first-order valence-electron chi connectivity index (χ1n) is 9.69. The van der Waals surface area contributed by atoms with Gasteiger partial charge in [-0.1, -0.05) is 23.5 Å². The van der Waals surface area contributed by atoms with E-state index >= 15 is 0 Å². The lowest BCUT2D eigenvalue weighted by Gasteiger charge is -2.22. The number of imidazole rings is 1. The molecule has 0 atom stereocenters. The van der Waals surface area contributed by atoms with Gasteiger partial charge in [0.05, 0.1) is 16.5 Å². The van der Waals surface area contributed by atoms with Gasteiger partial charge in [-0.2, -0.15) is 0 Å². The summed E-state index contributed by atoms with van der Waals surface area (Å²) in [5, 5.41) is 0.609. The Morgan fingerprint density at radius 3 is 2.50 bits per heavy atom. The van der Waals surface area contributed by atoms with Crippen LogP contribution in [0.25, 0.3) is 21.4 Å². The number of aromatic nitrogens is 5. The maximum Gasteiger partial charge on any atom is 0.332 e. The number of benzene rings is 1. The van der Waals surface area contributed by atoms with Crippen molar-refractivity contribution in [2.75, 3.05) is 32.1 Å². The highest BCUT2D eigenvalue weighted by Gasteiger charge is 2.22. The Balaban J connectivity index is 0.00000289. The van der Waals surface area contributed by atoms with Crippen molar-refractivity contribution < 1.29 is 4.79 Å². The fraction of sp³-hybridized carbons (Fsp3) is 0.350. The molecule has 12 heteroatoms. The Kier molecular flexibility index (Phi) is 6.82. The minimum atomic E-state index is -0.483. The molecule has 0 unspecified atom stereocenters. The molecule has 0 fully saturated rings. The SMILES string of the molecule is CN(C)CCN(C(=O)Cn1cnc2c1c(=O)n(C)c(=O)n2C)c1nc2ccccc2s1.Cl. The first-order chi connectivity index (χ1) is 14.8. The number of rotatable bonds is 6. The zero-order chi connectivity index (χ0) is 22.3. The van der Waals surface area contributed by atoms with Crippen LogP contribution in [0.5, 0.6) is 0 Å². The molecule has 1 amide bonds. The van der Waals surface area contributed by atoms with Crippen LogP contribution in [-0.2, 0) is 25.4 Å². The van der Waals surface area contributed by atoms with E-state index in [0.29, 0.717) is 18.2 Å². The van der Waals surface area contributed by atoms with Crippen molar-refractivity contribution in [1.29, 1.82) is 0 Å². The van der Waals surface area contributed by atoms with Gasteiger partial charge in [-0.3, -0.25) is 23.6 Å². The summed E-state index contributed by atoms with van der Waals surface area (Å²) in [7, 11) is 6.84. The van der Waals surface area contributed by atoms with E-state index in [9.17, 15) is 14.4 Å². The average molecular weight is 478 g/mol. The van der Waals surface area contributed by atoms with Crippen LogP contribution in [0.1, 0.15) is 0 Å². The van der Waals surface area contributed by atoms with Gasteiger partial charge in [0, 0.05) is 27.2 Å². The van der Waals surface area contributed by atoms with E-state index in [1.165, 1.54) is 33.8 Å². The summed E-state index contributed by atoms with van der Waals surface area (Å²) in [4.78, 5) is 50.6. The van der Waals surface area contributed by atoms with E-state index in [1.807, 2.05) is 43.3 Å². The Morgan fingerprint density at radius 1 is 1.09 bits per heavy atom. The van der Waals surface area contributed by atoms with E-state index < -0.39 is 11.2 Å². The van der Waals surface area contributed by atoms with Crippen LogP contribution in [0.4, 0.5) is 5.13 Å². The van der Waals surface area contributed by atoms with E-state index in [4.69, 9.17) is 0 Å². The average Bonchev–Trinajstić information content (AvgIpc) is 3.35. The van der Waals surface area contributed by atoms with Gasteiger partial charge in [-0.25, -0.2) is 14.8 Å². The molecule has 170 valence electrons. The number of anilines is 1. The monoisotopic (exact) mass is 477 g/mol. The molecule has 3 aromatic heterocycles. The number of hydrogen-bond donors (Lipinski definition) is 0. The Morgan fingerprint density at radius 2 is 1.81 bits per heavy atom. The second-order valence-electron chi connectivity index (χ2n) is 7.56. The molecule has 0 radical (unpaired) electrons. The number of likely N-dealkylation sites (N-methyl/N-ethyl adjacent to an activating group) is 1. The second kappa shape index (κ2) is 9.23. The molecule has 1 aromatic carbocycles. The van der Waals surface area contributed by atoms with Crippen molar-refractivity contribution >= 4 is 56.2 Å². The molecule has 0 saturated heterocycles. The van der Waals surface area contributed by atoms with E-state index in [-0.39, 0.29) is 36.0 Å². The number of hydrogen-bond acceptors (Lipinski definition) is 7. The maximum absolute atomic E-state index is 13.3. The number of para-hydroxylation sites is 1. The number of aryl methyl sites for hydroxylation is 1. The normalized spacial score (nSPS) is 11.3. The summed E-state index contributed by atoms with van der Waals surface area (Å²) < 4.78 is 4.81. The summed E-state index contributed by atoms with van der Waals surface area (Å²) in [6.07, 6.45) is 1.42. The fourth-order valence-electron chi connectivity index (χ4n) is 3.35. The van der Waals surface area contributed by atoms with Crippen molar-refractivity contribution in [3.8, 4) is 0 Å². The van der Waals surface area contributed by atoms with Crippen molar-refractivity contribution in [3.05, 3.63) is 51.4 Å². The zero-order valence-electron chi connectivity index (χ0n) is 18.2. The standard InChI is InChI=1S/C20H23N7O3S.ClH/c1-23(2)9-10-27(19-22-13-7-5-6-8-14(13)31-19)15(28)11-26-12-21-17-16(26)18(29)25(4)20(30)24(17)3;/h5-8,12H,9-11H2,1-4H3;1H. The first-order valence-corrected chi connectivity index (χ1v) is 10.5. The minimum absolute atomic E-state index is 0. The summed E-state index contributed by atoms with van der Waals surface area (Å²) >= 11 is 1.45. The summed E-state index contributed by atoms with van der Waals surface area (Å²) in [6, 6.07) is 7.74. The highest BCUT2D eigenvalue weighted by atomic mass is 35.5. The molecule has 0 aliphatic heterocycles. The lowest BCUT2D eigenvalue weighted by Crippen LogP contribution is -2.40. The number of nitrogens with zero attached hydrogens (tertiary/aromatic N) is 7. The van der Waals surface area contributed by atoms with Crippen LogP contribution in [0.2, 0.25) is 0 Å². The molecule has 10 nitrogen and oxygen atoms in total. The molecular weight excluding hydrogens is 454 g/mol. The summed E-state index contributed by atoms with van der Waals surface area (Å²) in [6.45, 7) is 1.02. The molecule has 0 spiro atoms. The van der Waals surface area contributed by atoms with Crippen LogP contribution in [0, 0.1) is 0 Å². The van der Waals surface area contributed by atoms with Gasteiger partial charge in [0.15, 0.2) is 16.3 Å². The molecular formula is C20H24ClN7O3S. The lowest BCUT2D eigenvalue weighted by molar-refractivity contribution is -0.119. The number of carbonyl (C=O) groups excluding carboxylic acids is 1. The molecule has 3 heterocycles. The molecule has 0 aliphatic carbocycles. The van der Waals surface area contributed by atoms with Crippen molar-refractivity contribution in [2.24, 2.45) is 14.1 Å². The third-order valence-corrected chi connectivity index (χ3v) is 6.17. The van der Waals surface area contributed by atoms with Gasteiger partial charge < -0.3 is 9.47 Å². The highest BCUT2D eigenvalue weighted by molar-refractivity contribution is 7.22. The van der Waals surface area contributed by atoms with Gasteiger partial charge >= 0.3 is 5.69 Å². The third kappa shape index (κ3) is 4.18. The number of thiazole rings is 1. The smallest absolute Gasteiger partial charge is 0.315 e. The molecule has 0 bridgehead atoms. The predicted molar refractivity (Wildman–Crippen MR) is 128 cm³/mol. The van der Waals surface area contributed by atoms with Crippen LogP contribution in [0.15, 0.2) is 40.2 Å². The molecule has 4 rings (SSSR count). The minimum Gasteiger partial charge on any atom is -0.315 e. The van der Waals surface area contributed by atoms with Crippen LogP contribution >= 0.6 is 23.7 Å². The molecule has 4 aromatic rings. The van der Waals surface area contributed by atoms with Crippen LogP contribution in [0.3, 0.4) is 0 Å². The number of carbonyl (C=O) groups is 1. The summed E-state index contributed by atoms with van der Waals surface area (Å²) in [5.74, 6) is -0.212. The molecule has 32 heavy (non-hydrogen) atoms. The van der Waals surface area contributed by atoms with Gasteiger partial charge in [0.1, 0.15) is 6.54 Å². The third-order valence-electron chi connectivity index (χ3n) is 5.11. The van der Waals surface area contributed by atoms with Gasteiger partial charge in [-0.05, 0) is 26.2 Å². The van der Waals surface area contributed by atoms with Crippen molar-refractivity contribution in [3.63, 3.8) is 0 Å².